The van der Waals surface area contributed by atoms with Crippen molar-refractivity contribution in [2.24, 2.45) is 0 Å². The van der Waals surface area contributed by atoms with E-state index in [9.17, 15) is 24.0 Å². The van der Waals surface area contributed by atoms with Crippen LogP contribution in [0.4, 0.5) is 4.79 Å². The zero-order valence-electron chi connectivity index (χ0n) is 29.8. The minimum absolute atomic E-state index is 0.0945. The SMILES string of the molecule is CC.CC.CC(=O)CC(NC(=O)C(CCCCNC(=O)OCc1ccccc1)NC(=O)CN1CCC(N2CCCCC2)CC1)C(C)=O. The van der Waals surface area contributed by atoms with Gasteiger partial charge in [-0.15, -0.1) is 0 Å². The molecule has 2 saturated heterocycles. The Morgan fingerprint density at radius 2 is 1.47 bits per heavy atom. The Morgan fingerprint density at radius 3 is 2.06 bits per heavy atom. The van der Waals surface area contributed by atoms with Crippen LogP contribution in [0.1, 0.15) is 105 Å². The van der Waals surface area contributed by atoms with Crippen molar-refractivity contribution in [3.8, 4) is 0 Å². The fraction of sp³-hybridized carbons (Fsp3) is 0.694. The van der Waals surface area contributed by atoms with Gasteiger partial charge >= 0.3 is 6.09 Å². The fourth-order valence-corrected chi connectivity index (χ4v) is 5.73. The number of Topliss-reactive ketones (excluding diaryl/α,β-unsaturated/α-hetero) is 2. The van der Waals surface area contributed by atoms with Gasteiger partial charge in [-0.1, -0.05) is 64.4 Å². The predicted molar refractivity (Wildman–Crippen MR) is 186 cm³/mol. The van der Waals surface area contributed by atoms with Crippen LogP contribution in [-0.2, 0) is 30.5 Å². The van der Waals surface area contributed by atoms with Crippen LogP contribution in [-0.4, -0.2) is 96.7 Å². The van der Waals surface area contributed by atoms with Crippen molar-refractivity contribution in [2.45, 2.75) is 124 Å². The summed E-state index contributed by atoms with van der Waals surface area (Å²) >= 11 is 0. The first kappa shape index (κ1) is 41.7. The highest BCUT2D eigenvalue weighted by Gasteiger charge is 2.29. The van der Waals surface area contributed by atoms with Gasteiger partial charge in [-0.25, -0.2) is 4.79 Å². The van der Waals surface area contributed by atoms with E-state index in [4.69, 9.17) is 4.74 Å². The molecule has 1 aromatic carbocycles. The van der Waals surface area contributed by atoms with Gasteiger partial charge in [-0.2, -0.15) is 0 Å². The van der Waals surface area contributed by atoms with Crippen molar-refractivity contribution in [3.05, 3.63) is 35.9 Å². The second-order valence-corrected chi connectivity index (χ2v) is 11.8. The molecule has 0 saturated carbocycles. The molecule has 3 rings (SSSR count). The number of amides is 3. The number of nitrogens with one attached hydrogen (secondary N) is 3. The lowest BCUT2D eigenvalue weighted by atomic mass is 10.00. The summed E-state index contributed by atoms with van der Waals surface area (Å²) in [5.41, 5.74) is 0.891. The molecule has 1 aromatic rings. The van der Waals surface area contributed by atoms with Crippen molar-refractivity contribution in [1.82, 2.24) is 25.8 Å². The van der Waals surface area contributed by atoms with Crippen LogP contribution in [0, 0.1) is 0 Å². The number of carbonyl (C=O) groups excluding carboxylic acids is 5. The molecular formula is C36H61N5O6. The molecule has 2 unspecified atom stereocenters. The molecule has 0 radical (unpaired) electrons. The highest BCUT2D eigenvalue weighted by molar-refractivity contribution is 5.94. The molecule has 0 spiro atoms. The normalized spacial score (nSPS) is 16.6. The number of nitrogens with zero attached hydrogens (tertiary/aromatic N) is 2. The van der Waals surface area contributed by atoms with Crippen molar-refractivity contribution in [1.29, 1.82) is 0 Å². The molecular weight excluding hydrogens is 598 g/mol. The zero-order valence-corrected chi connectivity index (χ0v) is 29.8. The summed E-state index contributed by atoms with van der Waals surface area (Å²) in [4.78, 5) is 66.6. The highest BCUT2D eigenvalue weighted by Crippen LogP contribution is 2.20. The quantitative estimate of drug-likeness (QED) is 0.219. The van der Waals surface area contributed by atoms with Crippen LogP contribution in [0.5, 0.6) is 0 Å². The summed E-state index contributed by atoms with van der Waals surface area (Å²) in [7, 11) is 0. The minimum atomic E-state index is -0.931. The van der Waals surface area contributed by atoms with E-state index in [1.54, 1.807) is 0 Å². The van der Waals surface area contributed by atoms with E-state index in [0.29, 0.717) is 31.8 Å². The number of benzene rings is 1. The van der Waals surface area contributed by atoms with Crippen LogP contribution in [0.15, 0.2) is 30.3 Å². The third kappa shape index (κ3) is 17.4. The largest absolute Gasteiger partial charge is 0.445 e. The van der Waals surface area contributed by atoms with Gasteiger partial charge in [0.25, 0.3) is 0 Å². The molecule has 11 nitrogen and oxygen atoms in total. The van der Waals surface area contributed by atoms with Gasteiger partial charge < -0.3 is 25.6 Å². The maximum atomic E-state index is 13.2. The number of hydrogen-bond acceptors (Lipinski definition) is 8. The lowest BCUT2D eigenvalue weighted by Gasteiger charge is -2.40. The Labute approximate surface area is 282 Å². The highest BCUT2D eigenvalue weighted by atomic mass is 16.5. The number of likely N-dealkylation sites (tertiary alicyclic amines) is 2. The molecule has 2 aliphatic heterocycles. The molecule has 0 bridgehead atoms. The van der Waals surface area contributed by atoms with E-state index in [-0.39, 0.29) is 37.0 Å². The molecule has 2 heterocycles. The average Bonchev–Trinajstić information content (AvgIpc) is 3.09. The number of ether oxygens (including phenoxy) is 1. The van der Waals surface area contributed by atoms with E-state index in [2.05, 4.69) is 25.8 Å². The van der Waals surface area contributed by atoms with Crippen LogP contribution < -0.4 is 16.0 Å². The molecule has 3 N–H and O–H groups in total. The molecule has 11 heteroatoms. The van der Waals surface area contributed by atoms with E-state index in [1.807, 2.05) is 58.0 Å². The smallest absolute Gasteiger partial charge is 0.407 e. The number of piperidine rings is 2. The predicted octanol–water partition coefficient (Wildman–Crippen LogP) is 4.62. The molecule has 2 atom stereocenters. The Kier molecular flexibility index (Phi) is 22.0. The second kappa shape index (κ2) is 24.8. The van der Waals surface area contributed by atoms with E-state index in [1.165, 1.54) is 33.1 Å². The van der Waals surface area contributed by atoms with E-state index < -0.39 is 24.1 Å². The zero-order chi connectivity index (χ0) is 35.0. The number of hydrogen-bond donors (Lipinski definition) is 3. The van der Waals surface area contributed by atoms with Crippen LogP contribution in [0.3, 0.4) is 0 Å². The standard InChI is InChI=1S/C32H49N5O6.2C2H6/c1-24(38)21-29(25(2)39)35-31(41)28(13-7-8-16-33-32(42)43-23-26-11-5-3-6-12-26)34-30(40)22-36-19-14-27(15-20-36)37-17-9-4-10-18-37;2*1-2/h3,5-6,11-12,27-29H,4,7-10,13-23H2,1-2H3,(H,33,42)(H,34,40)(H,35,41);2*1-2H3. The van der Waals surface area contributed by atoms with Gasteiger partial charge in [-0.3, -0.25) is 24.1 Å². The fourth-order valence-electron chi connectivity index (χ4n) is 5.73. The van der Waals surface area contributed by atoms with Crippen molar-refractivity contribution in [3.63, 3.8) is 0 Å². The molecule has 2 aliphatic rings. The molecule has 3 amide bonds. The summed E-state index contributed by atoms with van der Waals surface area (Å²) in [6.07, 6.45) is 6.70. The lowest BCUT2D eigenvalue weighted by molar-refractivity contribution is -0.132. The number of unbranched alkanes of at least 4 members (excludes halogenated alkanes) is 1. The summed E-state index contributed by atoms with van der Waals surface area (Å²) in [6.45, 7) is 15.4. The molecule has 2 fully saturated rings. The first-order chi connectivity index (χ1) is 22.7. The topological polar surface area (TPSA) is 137 Å². The van der Waals surface area contributed by atoms with Gasteiger partial charge in [0.2, 0.25) is 11.8 Å². The maximum absolute atomic E-state index is 13.2. The Hall–Kier alpha value is -3.31. The monoisotopic (exact) mass is 659 g/mol. The van der Waals surface area contributed by atoms with Gasteiger partial charge in [0.05, 0.1) is 12.6 Å². The van der Waals surface area contributed by atoms with Crippen molar-refractivity contribution < 1.29 is 28.7 Å². The van der Waals surface area contributed by atoms with Gasteiger partial charge in [-0.05, 0) is 77.4 Å². The second-order valence-electron chi connectivity index (χ2n) is 11.8. The van der Waals surface area contributed by atoms with Crippen molar-refractivity contribution >= 4 is 29.5 Å². The number of rotatable bonds is 16. The van der Waals surface area contributed by atoms with E-state index in [0.717, 1.165) is 44.6 Å². The Balaban J connectivity index is 0.00000265. The first-order valence-corrected chi connectivity index (χ1v) is 17.7. The lowest BCUT2D eigenvalue weighted by Crippen LogP contribution is -2.54. The molecule has 0 aliphatic carbocycles. The van der Waals surface area contributed by atoms with Crippen LogP contribution in [0.2, 0.25) is 0 Å². The van der Waals surface area contributed by atoms with Crippen LogP contribution >= 0.6 is 0 Å². The maximum Gasteiger partial charge on any atom is 0.407 e. The third-order valence-corrected chi connectivity index (χ3v) is 8.18. The minimum Gasteiger partial charge on any atom is -0.445 e. The molecule has 0 aromatic heterocycles. The van der Waals surface area contributed by atoms with Gasteiger partial charge in [0, 0.05) is 32.1 Å². The Morgan fingerprint density at radius 1 is 0.830 bits per heavy atom. The Bertz CT molecular complexity index is 1060. The summed E-state index contributed by atoms with van der Waals surface area (Å²) in [5.74, 6) is -1.26. The molecule has 47 heavy (non-hydrogen) atoms. The summed E-state index contributed by atoms with van der Waals surface area (Å²) in [5, 5.41) is 8.23. The average molecular weight is 660 g/mol. The van der Waals surface area contributed by atoms with Crippen LogP contribution in [0.25, 0.3) is 0 Å². The van der Waals surface area contributed by atoms with Gasteiger partial charge in [0.1, 0.15) is 18.4 Å². The van der Waals surface area contributed by atoms with Gasteiger partial charge in [0.15, 0.2) is 5.78 Å². The summed E-state index contributed by atoms with van der Waals surface area (Å²) in [6, 6.07) is 8.17. The third-order valence-electron chi connectivity index (χ3n) is 8.18. The molecule has 266 valence electrons. The summed E-state index contributed by atoms with van der Waals surface area (Å²) < 4.78 is 5.22. The number of carbonyl (C=O) groups is 5. The number of ketones is 2. The van der Waals surface area contributed by atoms with Crippen molar-refractivity contribution in [2.75, 3.05) is 39.3 Å². The number of alkyl carbamates (subject to hydrolysis) is 1. The van der Waals surface area contributed by atoms with E-state index >= 15 is 0 Å². The first-order valence-electron chi connectivity index (χ1n) is 17.7.